The van der Waals surface area contributed by atoms with E-state index in [1.807, 2.05) is 6.92 Å². The third-order valence-electron chi connectivity index (χ3n) is 2.48. The molecule has 2 heterocycles. The Morgan fingerprint density at radius 1 is 1.20 bits per heavy atom. The smallest absolute Gasteiger partial charge is 0.278 e. The topological polar surface area (TPSA) is 61.9 Å². The zero-order valence-corrected chi connectivity index (χ0v) is 9.11. The van der Waals surface area contributed by atoms with E-state index < -0.39 is 0 Å². The van der Waals surface area contributed by atoms with Gasteiger partial charge < -0.3 is 4.74 Å². The van der Waals surface area contributed by atoms with Gasteiger partial charge in [0.1, 0.15) is 0 Å². The first kappa shape index (κ1) is 9.70. The highest BCUT2D eigenvalue weighted by atomic mass is 16.5. The van der Waals surface area contributed by atoms with Gasteiger partial charge in [0.2, 0.25) is 0 Å². The molecule has 0 saturated heterocycles. The summed E-state index contributed by atoms with van der Waals surface area (Å²) >= 11 is 0. The van der Waals surface area contributed by atoms with Crippen molar-refractivity contribution < 1.29 is 4.74 Å². The Labute approximate surface area is 86.1 Å². The predicted octanol–water partition coefficient (Wildman–Crippen LogP) is -0.0160. The lowest BCUT2D eigenvalue weighted by Crippen LogP contribution is -2.20. The maximum atomic E-state index is 11.8. The van der Waals surface area contributed by atoms with Crippen LogP contribution in [0.2, 0.25) is 0 Å². The van der Waals surface area contributed by atoms with Gasteiger partial charge in [-0.25, -0.2) is 4.68 Å². The highest BCUT2D eigenvalue weighted by Crippen LogP contribution is 2.20. The minimum Gasteiger partial charge on any atom is -0.478 e. The number of hydrogen-bond acceptors (Lipinski definition) is 4. The van der Waals surface area contributed by atoms with Crippen molar-refractivity contribution in [3.63, 3.8) is 0 Å². The van der Waals surface area contributed by atoms with Crippen molar-refractivity contribution in [3.8, 4) is 5.88 Å². The van der Waals surface area contributed by atoms with Crippen molar-refractivity contribution >= 4 is 10.9 Å². The third kappa shape index (κ3) is 1.21. The third-order valence-corrected chi connectivity index (χ3v) is 2.48. The van der Waals surface area contributed by atoms with Crippen molar-refractivity contribution in [2.75, 3.05) is 7.11 Å². The number of fused-ring (bicyclic) bond motifs is 1. The van der Waals surface area contributed by atoms with E-state index in [0.717, 1.165) is 5.69 Å². The van der Waals surface area contributed by atoms with Gasteiger partial charge in [-0.1, -0.05) is 0 Å². The van der Waals surface area contributed by atoms with Crippen LogP contribution in [0, 0.1) is 6.92 Å². The molecule has 0 saturated carbocycles. The summed E-state index contributed by atoms with van der Waals surface area (Å²) in [4.78, 5) is 11.8. The molecule has 6 heteroatoms. The Morgan fingerprint density at radius 3 is 2.47 bits per heavy atom. The fourth-order valence-electron chi connectivity index (χ4n) is 1.54. The van der Waals surface area contributed by atoms with Gasteiger partial charge in [0, 0.05) is 19.8 Å². The van der Waals surface area contributed by atoms with Gasteiger partial charge in [0.05, 0.1) is 12.5 Å². The molecule has 0 amide bonds. The largest absolute Gasteiger partial charge is 0.478 e. The molecule has 0 aromatic carbocycles. The molecule has 0 aliphatic heterocycles. The van der Waals surface area contributed by atoms with Gasteiger partial charge in [-0.3, -0.25) is 9.48 Å². The Bertz CT molecular complexity index is 582. The van der Waals surface area contributed by atoms with Gasteiger partial charge in [-0.2, -0.15) is 5.10 Å². The molecule has 6 nitrogen and oxygen atoms in total. The summed E-state index contributed by atoms with van der Waals surface area (Å²) in [5, 5.41) is 8.74. The molecule has 0 atom stereocenters. The van der Waals surface area contributed by atoms with Crippen LogP contribution in [0.5, 0.6) is 5.88 Å². The first-order chi connectivity index (χ1) is 7.06. The number of aromatic nitrogens is 4. The van der Waals surface area contributed by atoms with E-state index in [1.54, 1.807) is 18.8 Å². The van der Waals surface area contributed by atoms with Crippen molar-refractivity contribution in [1.29, 1.82) is 0 Å². The van der Waals surface area contributed by atoms with E-state index >= 15 is 0 Å². The minimum atomic E-state index is -0.156. The fraction of sp³-hybridized carbons (Fsp3) is 0.444. The molecule has 0 aliphatic carbocycles. The molecule has 0 radical (unpaired) electrons. The van der Waals surface area contributed by atoms with E-state index in [-0.39, 0.29) is 5.56 Å². The number of rotatable bonds is 1. The van der Waals surface area contributed by atoms with Crippen LogP contribution in [-0.2, 0) is 14.1 Å². The van der Waals surface area contributed by atoms with Gasteiger partial charge in [-0.05, 0) is 6.92 Å². The Morgan fingerprint density at radius 2 is 1.87 bits per heavy atom. The number of methoxy groups -OCH3 is 1. The molecular weight excluding hydrogens is 196 g/mol. The molecular formula is C9H12N4O2. The monoisotopic (exact) mass is 208 g/mol. The van der Waals surface area contributed by atoms with Crippen LogP contribution in [-0.4, -0.2) is 26.7 Å². The molecule has 2 rings (SSSR count). The normalized spacial score (nSPS) is 10.9. The van der Waals surface area contributed by atoms with Gasteiger partial charge in [-0.15, -0.1) is 5.10 Å². The van der Waals surface area contributed by atoms with E-state index in [9.17, 15) is 4.79 Å². The average molecular weight is 208 g/mol. The SMILES string of the molecule is COc1nn(C)c(=O)c2c(C)n(C)nc12. The maximum Gasteiger partial charge on any atom is 0.278 e. The molecule has 2 aromatic heterocycles. The summed E-state index contributed by atoms with van der Waals surface area (Å²) in [6, 6.07) is 0. The molecule has 0 fully saturated rings. The van der Waals surface area contributed by atoms with E-state index in [4.69, 9.17) is 4.74 Å². The summed E-state index contributed by atoms with van der Waals surface area (Å²) in [5.74, 6) is 0.371. The van der Waals surface area contributed by atoms with Crippen LogP contribution < -0.4 is 10.3 Å². The zero-order chi connectivity index (χ0) is 11.2. The number of ether oxygens (including phenoxy) is 1. The quantitative estimate of drug-likeness (QED) is 0.661. The second-order valence-electron chi connectivity index (χ2n) is 3.37. The number of aryl methyl sites for hydroxylation is 3. The number of hydrogen-bond donors (Lipinski definition) is 0. The highest BCUT2D eigenvalue weighted by molar-refractivity contribution is 5.84. The van der Waals surface area contributed by atoms with Crippen LogP contribution in [0.4, 0.5) is 0 Å². The first-order valence-electron chi connectivity index (χ1n) is 4.51. The minimum absolute atomic E-state index is 0.156. The number of nitrogens with zero attached hydrogens (tertiary/aromatic N) is 4. The van der Waals surface area contributed by atoms with Crippen LogP contribution >= 0.6 is 0 Å². The van der Waals surface area contributed by atoms with E-state index in [1.165, 1.54) is 11.8 Å². The molecule has 0 N–H and O–H groups in total. The lowest BCUT2D eigenvalue weighted by molar-refractivity contribution is 0.387. The van der Waals surface area contributed by atoms with Crippen molar-refractivity contribution in [2.45, 2.75) is 6.92 Å². The summed E-state index contributed by atoms with van der Waals surface area (Å²) in [5.41, 5.74) is 1.17. The Kier molecular flexibility index (Phi) is 1.99. The summed E-state index contributed by atoms with van der Waals surface area (Å²) < 4.78 is 7.99. The van der Waals surface area contributed by atoms with E-state index in [2.05, 4.69) is 10.2 Å². The van der Waals surface area contributed by atoms with Crippen molar-refractivity contribution in [1.82, 2.24) is 19.6 Å². The van der Waals surface area contributed by atoms with Gasteiger partial charge in [0.25, 0.3) is 11.4 Å². The maximum absolute atomic E-state index is 11.8. The Balaban J connectivity index is 3.03. The molecule has 0 spiro atoms. The van der Waals surface area contributed by atoms with Gasteiger partial charge >= 0.3 is 0 Å². The summed E-state index contributed by atoms with van der Waals surface area (Å²) in [7, 11) is 4.89. The molecule has 15 heavy (non-hydrogen) atoms. The van der Waals surface area contributed by atoms with Crippen LogP contribution in [0.3, 0.4) is 0 Å². The molecule has 2 aromatic rings. The van der Waals surface area contributed by atoms with Crippen molar-refractivity contribution in [2.24, 2.45) is 14.1 Å². The fourth-order valence-corrected chi connectivity index (χ4v) is 1.54. The first-order valence-corrected chi connectivity index (χ1v) is 4.51. The molecule has 0 unspecified atom stereocenters. The standard InChI is InChI=1S/C9H12N4O2/c1-5-6-7(10-12(5)2)8(15-4)11-13(3)9(6)14/h1-4H3. The zero-order valence-electron chi connectivity index (χ0n) is 9.11. The van der Waals surface area contributed by atoms with Crippen LogP contribution in [0.15, 0.2) is 4.79 Å². The van der Waals surface area contributed by atoms with Gasteiger partial charge in [0.15, 0.2) is 5.52 Å². The van der Waals surface area contributed by atoms with Crippen LogP contribution in [0.1, 0.15) is 5.69 Å². The lowest BCUT2D eigenvalue weighted by Gasteiger charge is -2.01. The van der Waals surface area contributed by atoms with Crippen LogP contribution in [0.25, 0.3) is 10.9 Å². The van der Waals surface area contributed by atoms with E-state index in [0.29, 0.717) is 16.8 Å². The lowest BCUT2D eigenvalue weighted by atomic mass is 10.3. The predicted molar refractivity (Wildman–Crippen MR) is 55.0 cm³/mol. The molecule has 0 aliphatic rings. The summed E-state index contributed by atoms with van der Waals surface area (Å²) in [6.45, 7) is 1.84. The second kappa shape index (κ2) is 3.08. The molecule has 0 bridgehead atoms. The summed E-state index contributed by atoms with van der Waals surface area (Å²) in [6.07, 6.45) is 0. The second-order valence-corrected chi connectivity index (χ2v) is 3.37. The Hall–Kier alpha value is -1.85. The average Bonchev–Trinajstić information content (AvgIpc) is 2.50. The highest BCUT2D eigenvalue weighted by Gasteiger charge is 2.16. The molecule has 80 valence electrons. The van der Waals surface area contributed by atoms with Crippen molar-refractivity contribution in [3.05, 3.63) is 16.0 Å².